The molecule has 54 heavy (non-hydrogen) atoms. The molecule has 1 aromatic heterocycles. The molecule has 0 aliphatic carbocycles. The molecule has 3 aromatic carbocycles. The predicted octanol–water partition coefficient (Wildman–Crippen LogP) is 2.80. The van der Waals surface area contributed by atoms with Gasteiger partial charge < -0.3 is 30.5 Å². The van der Waals surface area contributed by atoms with Gasteiger partial charge in [-0.05, 0) is 54.4 Å². The number of halogens is 1. The van der Waals surface area contributed by atoms with E-state index in [4.69, 9.17) is 15.2 Å². The number of carbonyl (C=O) groups is 4. The second-order valence-electron chi connectivity index (χ2n) is 13.1. The molecule has 16 heteroatoms. The molecule has 2 saturated heterocycles. The molecule has 3 aliphatic rings. The number of benzene rings is 3. The molecule has 280 valence electrons. The molecular formula is C38H39FN8O7. The van der Waals surface area contributed by atoms with Crippen molar-refractivity contribution in [3.8, 4) is 22.8 Å². The Labute approximate surface area is 309 Å². The van der Waals surface area contributed by atoms with Crippen LogP contribution in [0.2, 0.25) is 0 Å². The number of nitrogens with one attached hydrogen (secondary N) is 2. The number of nitrogen functional groups attached to an aromatic ring is 1. The van der Waals surface area contributed by atoms with Crippen LogP contribution in [0.1, 0.15) is 39.1 Å². The SMILES string of the molecule is Nc1nnc(-c2ccccc2O)cc1N1CCN(Cc2ccc(OCCOCCNc3cccc4c3C(=O)N(C3CCC(=O)NC3=O)C4=O)c(F)c2)CC1. The molecule has 1 unspecified atom stereocenters. The molecule has 7 rings (SSSR count). The van der Waals surface area contributed by atoms with Crippen LogP contribution in [0.3, 0.4) is 0 Å². The van der Waals surface area contributed by atoms with Crippen LogP contribution in [0.5, 0.6) is 11.5 Å². The van der Waals surface area contributed by atoms with E-state index in [0.717, 1.165) is 29.2 Å². The Hall–Kier alpha value is -6.13. The first-order valence-electron chi connectivity index (χ1n) is 17.6. The van der Waals surface area contributed by atoms with Crippen molar-refractivity contribution in [2.45, 2.75) is 25.4 Å². The second-order valence-corrected chi connectivity index (χ2v) is 13.1. The van der Waals surface area contributed by atoms with Gasteiger partial charge in [-0.25, -0.2) is 4.39 Å². The van der Waals surface area contributed by atoms with Gasteiger partial charge in [0.2, 0.25) is 11.8 Å². The molecule has 0 bridgehead atoms. The van der Waals surface area contributed by atoms with Gasteiger partial charge in [0.15, 0.2) is 17.4 Å². The number of anilines is 3. The lowest BCUT2D eigenvalue weighted by molar-refractivity contribution is -0.136. The summed E-state index contributed by atoms with van der Waals surface area (Å²) in [6.07, 6.45) is 0.122. The van der Waals surface area contributed by atoms with Gasteiger partial charge in [0, 0.05) is 56.9 Å². The second kappa shape index (κ2) is 15.9. The zero-order valence-electron chi connectivity index (χ0n) is 29.3. The van der Waals surface area contributed by atoms with Gasteiger partial charge >= 0.3 is 0 Å². The number of imide groups is 2. The molecule has 15 nitrogen and oxygen atoms in total. The highest BCUT2D eigenvalue weighted by atomic mass is 19.1. The Kier molecular flexibility index (Phi) is 10.6. The first kappa shape index (κ1) is 36.2. The van der Waals surface area contributed by atoms with E-state index in [0.29, 0.717) is 48.9 Å². The van der Waals surface area contributed by atoms with Crippen molar-refractivity contribution in [1.82, 2.24) is 25.3 Å². The summed E-state index contributed by atoms with van der Waals surface area (Å²) < 4.78 is 26.2. The zero-order chi connectivity index (χ0) is 37.8. The highest BCUT2D eigenvalue weighted by Crippen LogP contribution is 2.33. The van der Waals surface area contributed by atoms with E-state index in [1.807, 2.05) is 18.2 Å². The van der Waals surface area contributed by atoms with Crippen LogP contribution in [0.4, 0.5) is 21.6 Å². The van der Waals surface area contributed by atoms with Gasteiger partial charge in [-0.2, -0.15) is 0 Å². The molecule has 1 atom stereocenters. The molecule has 0 saturated carbocycles. The van der Waals surface area contributed by atoms with Crippen molar-refractivity contribution >= 4 is 40.8 Å². The summed E-state index contributed by atoms with van der Waals surface area (Å²) in [5, 5.41) is 23.8. The normalized spacial score (nSPS) is 17.5. The summed E-state index contributed by atoms with van der Waals surface area (Å²) in [4.78, 5) is 55.5. The minimum absolute atomic E-state index is 0.0435. The molecule has 4 heterocycles. The van der Waals surface area contributed by atoms with E-state index in [1.165, 1.54) is 12.1 Å². The Bertz CT molecular complexity index is 2090. The number of aromatic nitrogens is 2. The van der Waals surface area contributed by atoms with Crippen LogP contribution in [0.25, 0.3) is 11.3 Å². The van der Waals surface area contributed by atoms with Crippen molar-refractivity contribution in [2.24, 2.45) is 0 Å². The highest BCUT2D eigenvalue weighted by molar-refractivity contribution is 6.25. The van der Waals surface area contributed by atoms with E-state index >= 15 is 0 Å². The summed E-state index contributed by atoms with van der Waals surface area (Å²) in [7, 11) is 0. The largest absolute Gasteiger partial charge is 0.507 e. The zero-order valence-corrected chi connectivity index (χ0v) is 29.3. The maximum Gasteiger partial charge on any atom is 0.264 e. The van der Waals surface area contributed by atoms with E-state index in [9.17, 15) is 28.7 Å². The predicted molar refractivity (Wildman–Crippen MR) is 195 cm³/mol. The average molecular weight is 739 g/mol. The molecular weight excluding hydrogens is 699 g/mol. The molecule has 5 N–H and O–H groups in total. The Morgan fingerprint density at radius 2 is 1.70 bits per heavy atom. The summed E-state index contributed by atoms with van der Waals surface area (Å²) >= 11 is 0. The fourth-order valence-electron chi connectivity index (χ4n) is 6.86. The summed E-state index contributed by atoms with van der Waals surface area (Å²) in [5.74, 6) is -2.19. The van der Waals surface area contributed by atoms with Gasteiger partial charge in [-0.3, -0.25) is 34.3 Å². The Balaban J connectivity index is 0.833. The number of fused-ring (bicyclic) bond motifs is 1. The van der Waals surface area contributed by atoms with Crippen LogP contribution in [0, 0.1) is 5.82 Å². The molecule has 4 amide bonds. The third-order valence-electron chi connectivity index (χ3n) is 9.61. The Morgan fingerprint density at radius 3 is 2.48 bits per heavy atom. The number of carbonyl (C=O) groups excluding carboxylic acids is 4. The van der Waals surface area contributed by atoms with Crippen LogP contribution >= 0.6 is 0 Å². The van der Waals surface area contributed by atoms with Crippen molar-refractivity contribution in [1.29, 1.82) is 0 Å². The van der Waals surface area contributed by atoms with E-state index in [1.54, 1.807) is 36.4 Å². The van der Waals surface area contributed by atoms with Crippen LogP contribution < -0.4 is 26.0 Å². The standard InChI is InChI=1S/C38H39FN8O7/c39-26-20-23(22-45-13-15-46(16-14-45)30-21-28(43-44-35(30)40)24-4-1-2-7-31(24)48)8-10-32(26)54-19-18-53-17-12-41-27-6-3-5-25-34(27)38(52)47(37(25)51)29-9-11-33(49)42-36(29)50/h1-8,10,20-21,29,41,48H,9,11-19,22H2,(H2,40,44)(H,42,49,50). The number of phenols is 1. The van der Waals surface area contributed by atoms with E-state index < -0.39 is 35.5 Å². The highest BCUT2D eigenvalue weighted by Gasteiger charge is 2.45. The first-order valence-corrected chi connectivity index (χ1v) is 17.6. The van der Waals surface area contributed by atoms with Crippen molar-refractivity contribution in [2.75, 3.05) is 68.5 Å². The lowest BCUT2D eigenvalue weighted by atomic mass is 10.0. The average Bonchev–Trinajstić information content (AvgIpc) is 3.42. The van der Waals surface area contributed by atoms with Crippen LogP contribution in [-0.4, -0.2) is 107 Å². The number of nitrogens with zero attached hydrogens (tertiary/aromatic N) is 5. The third-order valence-corrected chi connectivity index (χ3v) is 9.61. The third kappa shape index (κ3) is 7.65. The lowest BCUT2D eigenvalue weighted by Crippen LogP contribution is -2.54. The summed E-state index contributed by atoms with van der Waals surface area (Å²) in [6, 6.07) is 17.5. The number of para-hydroxylation sites is 1. The van der Waals surface area contributed by atoms with Crippen molar-refractivity contribution in [3.63, 3.8) is 0 Å². The van der Waals surface area contributed by atoms with Gasteiger partial charge in [-0.15, -0.1) is 10.2 Å². The molecule has 0 radical (unpaired) electrons. The smallest absolute Gasteiger partial charge is 0.264 e. The number of piperazine rings is 1. The molecule has 2 fully saturated rings. The fourth-order valence-corrected chi connectivity index (χ4v) is 6.86. The summed E-state index contributed by atoms with van der Waals surface area (Å²) in [6.45, 7) is 4.23. The van der Waals surface area contributed by atoms with Crippen molar-refractivity contribution < 1.29 is 38.1 Å². The van der Waals surface area contributed by atoms with Gasteiger partial charge in [0.05, 0.1) is 35.7 Å². The number of hydrogen-bond acceptors (Lipinski definition) is 13. The van der Waals surface area contributed by atoms with Crippen LogP contribution in [-0.2, 0) is 20.9 Å². The van der Waals surface area contributed by atoms with Gasteiger partial charge in [0.25, 0.3) is 11.8 Å². The monoisotopic (exact) mass is 738 g/mol. The van der Waals surface area contributed by atoms with Crippen molar-refractivity contribution in [3.05, 3.63) is 89.2 Å². The number of nitrogens with two attached hydrogens (primary N) is 1. The molecule has 0 spiro atoms. The lowest BCUT2D eigenvalue weighted by Gasteiger charge is -2.36. The number of amides is 4. The minimum Gasteiger partial charge on any atom is -0.507 e. The van der Waals surface area contributed by atoms with Gasteiger partial charge in [-0.1, -0.05) is 24.3 Å². The number of rotatable bonds is 13. The van der Waals surface area contributed by atoms with E-state index in [2.05, 4.69) is 30.6 Å². The summed E-state index contributed by atoms with van der Waals surface area (Å²) in [5.41, 5.74) is 9.64. The number of ether oxygens (including phenoxy) is 2. The maximum atomic E-state index is 15.0. The quantitative estimate of drug-likeness (QED) is 0.116. The number of aromatic hydroxyl groups is 1. The Morgan fingerprint density at radius 1 is 0.907 bits per heavy atom. The molecule has 3 aliphatic heterocycles. The number of phenolic OH excluding ortho intramolecular Hbond substituents is 1. The van der Waals surface area contributed by atoms with Crippen LogP contribution in [0.15, 0.2) is 66.7 Å². The number of hydrogen-bond donors (Lipinski definition) is 4. The first-order chi connectivity index (χ1) is 26.2. The minimum atomic E-state index is -1.04. The van der Waals surface area contributed by atoms with E-state index in [-0.39, 0.29) is 55.3 Å². The maximum absolute atomic E-state index is 15.0. The number of piperidine rings is 1. The topological polar surface area (TPSA) is 193 Å². The fraction of sp³-hybridized carbons (Fsp3) is 0.316. The van der Waals surface area contributed by atoms with Gasteiger partial charge in [0.1, 0.15) is 18.4 Å². The molecule has 4 aromatic rings.